The molecule has 0 spiro atoms. The smallest absolute Gasteiger partial charge is 0.163 e. The highest BCUT2D eigenvalue weighted by molar-refractivity contribution is 6.26. The molecular weight excluding hydrogens is 623 g/mol. The van der Waals surface area contributed by atoms with Crippen molar-refractivity contribution < 1.29 is 0 Å². The minimum atomic E-state index is 0.676. The van der Waals surface area contributed by atoms with Gasteiger partial charge < -0.3 is 4.57 Å². The number of benzene rings is 7. The summed E-state index contributed by atoms with van der Waals surface area (Å²) in [5.41, 5.74) is 8.87. The van der Waals surface area contributed by atoms with Gasteiger partial charge in [-0.2, -0.15) is 0 Å². The van der Waals surface area contributed by atoms with E-state index in [0.717, 1.165) is 50.5 Å². The molecule has 4 heterocycles. The third kappa shape index (κ3) is 4.03. The first kappa shape index (κ1) is 27.9. The number of hydrogen-bond acceptors (Lipinski definition) is 2. The number of rotatable bonds is 4. The van der Waals surface area contributed by atoms with E-state index in [-0.39, 0.29) is 0 Å². The Morgan fingerprint density at radius 3 is 1.43 bits per heavy atom. The summed E-state index contributed by atoms with van der Waals surface area (Å²) in [7, 11) is 0. The minimum absolute atomic E-state index is 0.676. The summed E-state index contributed by atoms with van der Waals surface area (Å²) in [6.07, 6.45) is 0. The molecule has 5 nitrogen and oxygen atoms in total. The summed E-state index contributed by atoms with van der Waals surface area (Å²) >= 11 is 0. The van der Waals surface area contributed by atoms with Crippen LogP contribution >= 0.6 is 0 Å². The summed E-state index contributed by atoms with van der Waals surface area (Å²) < 4.78 is 7.03. The number of nitrogens with zero attached hydrogens (tertiary/aromatic N) is 5. The van der Waals surface area contributed by atoms with Gasteiger partial charge in [0.2, 0.25) is 0 Å². The fraction of sp³-hybridized carbons (Fsp3) is 0. The molecule has 0 bridgehead atoms. The molecule has 7 aromatic carbocycles. The van der Waals surface area contributed by atoms with Gasteiger partial charge >= 0.3 is 0 Å². The molecule has 0 aliphatic carbocycles. The van der Waals surface area contributed by atoms with Crippen molar-refractivity contribution in [3.63, 3.8) is 0 Å². The Labute approximate surface area is 292 Å². The van der Waals surface area contributed by atoms with Crippen molar-refractivity contribution in [1.82, 2.24) is 23.7 Å². The van der Waals surface area contributed by atoms with Crippen LogP contribution in [0.3, 0.4) is 0 Å². The van der Waals surface area contributed by atoms with E-state index in [1.165, 1.54) is 37.8 Å². The van der Waals surface area contributed by atoms with Gasteiger partial charge in [0.15, 0.2) is 5.82 Å². The standard InChI is InChI=1S/C46H29N5/c1-3-15-30(16-4-1)46-47-42(50-37-23-11-7-19-32(37)33-20-8-12-24-38(33)50)29-43(48-46)51-39-25-13-9-21-34(39)35-27-28-41-44(45(35)51)36-22-10-14-26-40(36)49(41)31-17-5-2-6-18-31/h1-29H. The van der Waals surface area contributed by atoms with E-state index in [1.807, 2.05) is 18.2 Å². The topological polar surface area (TPSA) is 40.6 Å². The molecule has 0 atom stereocenters. The van der Waals surface area contributed by atoms with Gasteiger partial charge in [-0.3, -0.25) is 9.13 Å². The largest absolute Gasteiger partial charge is 0.309 e. The van der Waals surface area contributed by atoms with Crippen LogP contribution in [-0.2, 0) is 0 Å². The quantitative estimate of drug-likeness (QED) is 0.190. The highest BCUT2D eigenvalue weighted by atomic mass is 15.1. The van der Waals surface area contributed by atoms with Crippen LogP contribution in [0.15, 0.2) is 176 Å². The van der Waals surface area contributed by atoms with Crippen molar-refractivity contribution in [1.29, 1.82) is 0 Å². The second kappa shape index (κ2) is 10.8. The molecule has 51 heavy (non-hydrogen) atoms. The minimum Gasteiger partial charge on any atom is -0.309 e. The van der Waals surface area contributed by atoms with Gasteiger partial charge in [0, 0.05) is 49.6 Å². The third-order valence-electron chi connectivity index (χ3n) is 10.3. The van der Waals surface area contributed by atoms with E-state index in [4.69, 9.17) is 9.97 Å². The van der Waals surface area contributed by atoms with Crippen molar-refractivity contribution in [2.75, 3.05) is 0 Å². The number of hydrogen-bond donors (Lipinski definition) is 0. The monoisotopic (exact) mass is 651 g/mol. The van der Waals surface area contributed by atoms with Gasteiger partial charge in [0.25, 0.3) is 0 Å². The molecule has 0 aliphatic rings. The molecule has 0 saturated heterocycles. The van der Waals surface area contributed by atoms with Crippen LogP contribution < -0.4 is 0 Å². The first-order valence-electron chi connectivity index (χ1n) is 17.3. The molecule has 0 radical (unpaired) electrons. The fourth-order valence-corrected chi connectivity index (χ4v) is 8.14. The fourth-order valence-electron chi connectivity index (χ4n) is 8.14. The molecule has 0 fully saturated rings. The number of fused-ring (bicyclic) bond motifs is 10. The van der Waals surface area contributed by atoms with Gasteiger partial charge in [-0.1, -0.05) is 127 Å². The van der Waals surface area contributed by atoms with Gasteiger partial charge in [0.05, 0.1) is 33.1 Å². The molecule has 0 amide bonds. The van der Waals surface area contributed by atoms with E-state index in [9.17, 15) is 0 Å². The van der Waals surface area contributed by atoms with Gasteiger partial charge in [-0.05, 0) is 42.5 Å². The van der Waals surface area contributed by atoms with Crippen LogP contribution in [0.5, 0.6) is 0 Å². The second-order valence-corrected chi connectivity index (χ2v) is 13.0. The van der Waals surface area contributed by atoms with Crippen LogP contribution in [0.1, 0.15) is 0 Å². The molecule has 0 aliphatic heterocycles. The zero-order valence-corrected chi connectivity index (χ0v) is 27.5. The highest BCUT2D eigenvalue weighted by Gasteiger charge is 2.23. The van der Waals surface area contributed by atoms with E-state index < -0.39 is 0 Å². The average Bonchev–Trinajstić information content (AvgIpc) is 3.84. The van der Waals surface area contributed by atoms with Crippen LogP contribution in [0, 0.1) is 0 Å². The third-order valence-corrected chi connectivity index (χ3v) is 10.3. The van der Waals surface area contributed by atoms with E-state index in [0.29, 0.717) is 5.82 Å². The lowest BCUT2D eigenvalue weighted by Gasteiger charge is -2.14. The Morgan fingerprint density at radius 2 is 0.804 bits per heavy atom. The SMILES string of the molecule is c1ccc(-c2nc(-n3c4ccccc4c4ccccc43)cc(-n3c4ccccc4c4ccc5c(c6ccccc6n5-c5ccccc5)c43)n2)cc1. The molecule has 4 aromatic heterocycles. The van der Waals surface area contributed by atoms with E-state index in [1.54, 1.807) is 0 Å². The van der Waals surface area contributed by atoms with Crippen molar-refractivity contribution in [3.05, 3.63) is 176 Å². The summed E-state index contributed by atoms with van der Waals surface area (Å²) in [6, 6.07) is 62.3. The molecule has 11 aromatic rings. The lowest BCUT2D eigenvalue weighted by atomic mass is 10.1. The highest BCUT2D eigenvalue weighted by Crippen LogP contribution is 2.42. The van der Waals surface area contributed by atoms with Crippen molar-refractivity contribution in [2.45, 2.75) is 0 Å². The number of para-hydroxylation sites is 5. The predicted molar refractivity (Wildman–Crippen MR) is 210 cm³/mol. The lowest BCUT2D eigenvalue weighted by Crippen LogP contribution is -2.06. The van der Waals surface area contributed by atoms with Crippen LogP contribution in [0.2, 0.25) is 0 Å². The Hall–Kier alpha value is -6.98. The lowest BCUT2D eigenvalue weighted by molar-refractivity contribution is 0.995. The maximum Gasteiger partial charge on any atom is 0.163 e. The first-order chi connectivity index (χ1) is 25.3. The Morgan fingerprint density at radius 1 is 0.333 bits per heavy atom. The van der Waals surface area contributed by atoms with Gasteiger partial charge in [-0.15, -0.1) is 0 Å². The Kier molecular flexibility index (Phi) is 5.89. The molecule has 5 heteroatoms. The molecule has 0 N–H and O–H groups in total. The zero-order chi connectivity index (χ0) is 33.5. The number of aromatic nitrogens is 5. The summed E-state index contributed by atoms with van der Waals surface area (Å²) in [5.74, 6) is 2.31. The van der Waals surface area contributed by atoms with E-state index in [2.05, 4.69) is 171 Å². The van der Waals surface area contributed by atoms with Crippen LogP contribution in [-0.4, -0.2) is 23.7 Å². The summed E-state index contributed by atoms with van der Waals surface area (Å²) in [6.45, 7) is 0. The van der Waals surface area contributed by atoms with Crippen LogP contribution in [0.25, 0.3) is 94.1 Å². The molecule has 238 valence electrons. The molecule has 0 saturated carbocycles. The average molecular weight is 652 g/mol. The summed E-state index contributed by atoms with van der Waals surface area (Å²) in [4.78, 5) is 10.7. The summed E-state index contributed by atoms with van der Waals surface area (Å²) in [5, 5.41) is 7.16. The van der Waals surface area contributed by atoms with E-state index >= 15 is 0 Å². The van der Waals surface area contributed by atoms with Gasteiger partial charge in [-0.25, -0.2) is 9.97 Å². The maximum atomic E-state index is 5.40. The first-order valence-corrected chi connectivity index (χ1v) is 17.3. The zero-order valence-electron chi connectivity index (χ0n) is 27.5. The second-order valence-electron chi connectivity index (χ2n) is 13.0. The molecular formula is C46H29N5. The maximum absolute atomic E-state index is 5.40. The predicted octanol–water partition coefficient (Wildman–Crippen LogP) is 11.4. The van der Waals surface area contributed by atoms with Crippen molar-refractivity contribution in [2.24, 2.45) is 0 Å². The van der Waals surface area contributed by atoms with Crippen LogP contribution in [0.4, 0.5) is 0 Å². The molecule has 11 rings (SSSR count). The molecule has 0 unspecified atom stereocenters. The van der Waals surface area contributed by atoms with Crippen molar-refractivity contribution >= 4 is 65.4 Å². The van der Waals surface area contributed by atoms with Crippen molar-refractivity contribution in [3.8, 4) is 28.7 Å². The Balaban J connectivity index is 1.31. The van der Waals surface area contributed by atoms with Gasteiger partial charge in [0.1, 0.15) is 11.6 Å². The Bertz CT molecular complexity index is 3080. The normalized spacial score (nSPS) is 11.9.